The van der Waals surface area contributed by atoms with Crippen LogP contribution >= 0.6 is 11.8 Å². The molecule has 98 valence electrons. The Labute approximate surface area is 109 Å². The molecule has 0 aliphatic carbocycles. The second-order valence-electron chi connectivity index (χ2n) is 5.13. The van der Waals surface area contributed by atoms with Gasteiger partial charge in [0.25, 0.3) is 0 Å². The van der Waals surface area contributed by atoms with Gasteiger partial charge in [-0.15, -0.1) is 0 Å². The van der Waals surface area contributed by atoms with Gasteiger partial charge in [-0.05, 0) is 31.1 Å². The van der Waals surface area contributed by atoms with Gasteiger partial charge in [-0.1, -0.05) is 25.6 Å². The fraction of sp³-hybridized carbons (Fsp3) is 0.923. The maximum absolute atomic E-state index is 5.60. The molecule has 1 atom stereocenters. The molecule has 1 saturated heterocycles. The number of nitrogens with zero attached hydrogens (tertiary/aromatic N) is 1. The van der Waals surface area contributed by atoms with E-state index >= 15 is 0 Å². The van der Waals surface area contributed by atoms with Crippen LogP contribution in [0.5, 0.6) is 0 Å². The summed E-state index contributed by atoms with van der Waals surface area (Å²) in [6.45, 7) is 7.41. The van der Waals surface area contributed by atoms with Crippen LogP contribution < -0.4 is 5.32 Å². The molecule has 17 heavy (non-hydrogen) atoms. The Kier molecular flexibility index (Phi) is 4.74. The quantitative estimate of drug-likeness (QED) is 0.839. The number of hydrogen-bond donors (Lipinski definition) is 1. The second-order valence-corrected chi connectivity index (χ2v) is 6.10. The first kappa shape index (κ1) is 13.2. The highest BCUT2D eigenvalue weighted by molar-refractivity contribution is 8.13. The summed E-state index contributed by atoms with van der Waals surface area (Å²) in [5.74, 6) is 1.21. The molecule has 1 fully saturated rings. The highest BCUT2D eigenvalue weighted by Gasteiger charge is 2.30. The van der Waals surface area contributed by atoms with Gasteiger partial charge in [0, 0.05) is 25.4 Å². The third-order valence-corrected chi connectivity index (χ3v) is 5.38. The zero-order valence-electron chi connectivity index (χ0n) is 11.0. The molecule has 0 bridgehead atoms. The standard InChI is InChI=1S/C13H24N2OS/c1-3-13(4-2)9-15-12(17-10-13)14-8-11-6-5-7-16-11/h11H,3-10H2,1-2H3,(H,14,15). The van der Waals surface area contributed by atoms with Crippen molar-refractivity contribution in [3.05, 3.63) is 0 Å². The molecule has 0 aromatic rings. The maximum atomic E-state index is 5.60. The van der Waals surface area contributed by atoms with E-state index in [2.05, 4.69) is 19.2 Å². The largest absolute Gasteiger partial charge is 0.376 e. The normalized spacial score (nSPS) is 27.9. The van der Waals surface area contributed by atoms with E-state index in [1.165, 1.54) is 31.4 Å². The summed E-state index contributed by atoms with van der Waals surface area (Å²) in [5, 5.41) is 4.56. The van der Waals surface area contributed by atoms with Crippen LogP contribution in [0.15, 0.2) is 4.99 Å². The van der Waals surface area contributed by atoms with Gasteiger partial charge in [0.1, 0.15) is 0 Å². The van der Waals surface area contributed by atoms with Crippen molar-refractivity contribution in [1.29, 1.82) is 0 Å². The van der Waals surface area contributed by atoms with Crippen molar-refractivity contribution in [3.63, 3.8) is 0 Å². The minimum Gasteiger partial charge on any atom is -0.376 e. The molecule has 2 aliphatic heterocycles. The third kappa shape index (κ3) is 3.38. The Morgan fingerprint density at radius 3 is 2.82 bits per heavy atom. The molecule has 0 saturated carbocycles. The fourth-order valence-electron chi connectivity index (χ4n) is 2.34. The van der Waals surface area contributed by atoms with Gasteiger partial charge >= 0.3 is 0 Å². The fourth-order valence-corrected chi connectivity index (χ4v) is 3.63. The van der Waals surface area contributed by atoms with Crippen molar-refractivity contribution >= 4 is 16.9 Å². The highest BCUT2D eigenvalue weighted by Crippen LogP contribution is 2.34. The predicted octanol–water partition coefficient (Wildman–Crippen LogP) is 2.66. The zero-order chi connectivity index (χ0) is 12.1. The minimum absolute atomic E-state index is 0.405. The minimum atomic E-state index is 0.405. The molecule has 3 nitrogen and oxygen atoms in total. The topological polar surface area (TPSA) is 33.6 Å². The lowest BCUT2D eigenvalue weighted by molar-refractivity contribution is 0.114. The van der Waals surface area contributed by atoms with Crippen LogP contribution in [0.4, 0.5) is 0 Å². The Morgan fingerprint density at radius 2 is 2.29 bits per heavy atom. The average Bonchev–Trinajstić information content (AvgIpc) is 2.90. The zero-order valence-corrected chi connectivity index (χ0v) is 11.8. The first-order valence-corrected chi connectivity index (χ1v) is 7.79. The van der Waals surface area contributed by atoms with Gasteiger partial charge in [-0.25, -0.2) is 0 Å². The predicted molar refractivity (Wildman–Crippen MR) is 74.8 cm³/mol. The monoisotopic (exact) mass is 256 g/mol. The van der Waals surface area contributed by atoms with E-state index in [9.17, 15) is 0 Å². The van der Waals surface area contributed by atoms with Crippen LogP contribution in [0.3, 0.4) is 0 Å². The van der Waals surface area contributed by atoms with Gasteiger partial charge in [-0.3, -0.25) is 4.99 Å². The number of aliphatic imine (C=N–C) groups is 1. The number of ether oxygens (including phenoxy) is 1. The van der Waals surface area contributed by atoms with E-state index in [0.717, 1.165) is 24.9 Å². The van der Waals surface area contributed by atoms with E-state index in [4.69, 9.17) is 9.73 Å². The lowest BCUT2D eigenvalue weighted by Crippen LogP contribution is -2.37. The molecule has 0 aromatic heterocycles. The van der Waals surface area contributed by atoms with Crippen LogP contribution in [0.1, 0.15) is 39.5 Å². The maximum Gasteiger partial charge on any atom is 0.156 e. The molecule has 0 spiro atoms. The molecule has 0 aromatic carbocycles. The van der Waals surface area contributed by atoms with Crippen LogP contribution in [0.25, 0.3) is 0 Å². The first-order valence-electron chi connectivity index (χ1n) is 6.81. The van der Waals surface area contributed by atoms with Gasteiger partial charge in [0.15, 0.2) is 5.17 Å². The highest BCUT2D eigenvalue weighted by atomic mass is 32.2. The van der Waals surface area contributed by atoms with Crippen molar-refractivity contribution in [1.82, 2.24) is 5.32 Å². The van der Waals surface area contributed by atoms with Crippen LogP contribution in [-0.4, -0.2) is 36.7 Å². The van der Waals surface area contributed by atoms with Crippen LogP contribution in [-0.2, 0) is 4.74 Å². The summed E-state index contributed by atoms with van der Waals surface area (Å²) in [4.78, 5) is 4.70. The van der Waals surface area contributed by atoms with Crippen molar-refractivity contribution < 1.29 is 4.74 Å². The molecule has 0 amide bonds. The number of hydrogen-bond acceptors (Lipinski definition) is 4. The van der Waals surface area contributed by atoms with Crippen molar-refractivity contribution in [2.75, 3.05) is 25.4 Å². The summed E-state index contributed by atoms with van der Waals surface area (Å²) < 4.78 is 5.60. The van der Waals surface area contributed by atoms with E-state index in [1.807, 2.05) is 11.8 Å². The summed E-state index contributed by atoms with van der Waals surface area (Å²) in [6, 6.07) is 0. The smallest absolute Gasteiger partial charge is 0.156 e. The average molecular weight is 256 g/mol. The molecular formula is C13H24N2OS. The van der Waals surface area contributed by atoms with Crippen molar-refractivity contribution in [2.45, 2.75) is 45.6 Å². The summed E-state index contributed by atoms with van der Waals surface area (Å²) in [7, 11) is 0. The molecule has 2 aliphatic rings. The number of thioether (sulfide) groups is 1. The molecule has 1 N–H and O–H groups in total. The first-order chi connectivity index (χ1) is 8.28. The van der Waals surface area contributed by atoms with Crippen LogP contribution in [0.2, 0.25) is 0 Å². The molecule has 2 heterocycles. The van der Waals surface area contributed by atoms with E-state index in [1.54, 1.807) is 0 Å². The Morgan fingerprint density at radius 1 is 1.47 bits per heavy atom. The Bertz CT molecular complexity index is 271. The van der Waals surface area contributed by atoms with Crippen molar-refractivity contribution in [3.8, 4) is 0 Å². The molecule has 1 unspecified atom stereocenters. The number of nitrogens with one attached hydrogen (secondary N) is 1. The molecular weight excluding hydrogens is 232 g/mol. The molecule has 4 heteroatoms. The van der Waals surface area contributed by atoms with E-state index < -0.39 is 0 Å². The second kappa shape index (κ2) is 6.10. The number of amidine groups is 1. The van der Waals surface area contributed by atoms with Crippen molar-refractivity contribution in [2.24, 2.45) is 10.4 Å². The van der Waals surface area contributed by atoms with E-state index in [-0.39, 0.29) is 0 Å². The Balaban J connectivity index is 1.77. The lowest BCUT2D eigenvalue weighted by atomic mass is 9.84. The van der Waals surface area contributed by atoms with E-state index in [0.29, 0.717) is 11.5 Å². The molecule has 0 radical (unpaired) electrons. The SMILES string of the molecule is CCC1(CC)CN=C(NCC2CCCO2)SC1. The lowest BCUT2D eigenvalue weighted by Gasteiger charge is -2.33. The number of rotatable bonds is 4. The molecule has 2 rings (SSSR count). The Hall–Kier alpha value is -0.220. The summed E-state index contributed by atoms with van der Waals surface area (Å²) >= 11 is 1.89. The summed E-state index contributed by atoms with van der Waals surface area (Å²) in [5.41, 5.74) is 0.444. The van der Waals surface area contributed by atoms with Gasteiger partial charge in [0.05, 0.1) is 6.10 Å². The van der Waals surface area contributed by atoms with Crippen LogP contribution in [0, 0.1) is 5.41 Å². The van der Waals surface area contributed by atoms with Gasteiger partial charge in [0.2, 0.25) is 0 Å². The summed E-state index contributed by atoms with van der Waals surface area (Å²) in [6.07, 6.45) is 5.28. The third-order valence-electron chi connectivity index (χ3n) is 4.08. The van der Waals surface area contributed by atoms with Gasteiger partial charge < -0.3 is 10.1 Å². The van der Waals surface area contributed by atoms with Gasteiger partial charge in [-0.2, -0.15) is 0 Å².